The Balaban J connectivity index is 3.06. The molecule has 0 aliphatic rings. The lowest BCUT2D eigenvalue weighted by atomic mass is 10.2. The Morgan fingerprint density at radius 1 is 1.35 bits per heavy atom. The first-order valence-corrected chi connectivity index (χ1v) is 7.56. The van der Waals surface area contributed by atoms with Gasteiger partial charge in [0.15, 0.2) is 6.35 Å². The van der Waals surface area contributed by atoms with Gasteiger partial charge in [-0.3, -0.25) is 8.75 Å². The first-order valence-electron chi connectivity index (χ1n) is 4.35. The maximum atomic E-state index is 11.6. The molecule has 1 aromatic carbocycles. The Morgan fingerprint density at radius 3 is 2.47 bits per heavy atom. The summed E-state index contributed by atoms with van der Waals surface area (Å²) in [4.78, 5) is 16.7. The van der Waals surface area contributed by atoms with Crippen molar-refractivity contribution in [3.63, 3.8) is 0 Å². The number of hydrogen-bond acceptors (Lipinski definition) is 5. The van der Waals surface area contributed by atoms with Crippen LogP contribution in [-0.2, 0) is 18.9 Å². The molecule has 1 rings (SSSR count). The minimum atomic E-state index is -4.57. The van der Waals surface area contributed by atoms with Crippen LogP contribution in [0.5, 0.6) is 5.75 Å². The van der Waals surface area contributed by atoms with Gasteiger partial charge in [0.2, 0.25) is 0 Å². The van der Waals surface area contributed by atoms with E-state index in [1.54, 1.807) is 0 Å². The monoisotopic (exact) mass is 282 g/mol. The molecule has 0 aromatic heterocycles. The molecule has 0 aliphatic heterocycles. The highest BCUT2D eigenvalue weighted by Gasteiger charge is 2.23. The Labute approximate surface area is 98.0 Å². The molecule has 0 aliphatic carbocycles. The van der Waals surface area contributed by atoms with Crippen molar-refractivity contribution in [2.45, 2.75) is 11.8 Å². The van der Waals surface area contributed by atoms with Crippen molar-refractivity contribution in [1.82, 2.24) is 0 Å². The number of aryl methyl sites for hydroxylation is 1. The molecular formula is C8H11O7PS. The minimum Gasteiger partial charge on any atom is -0.508 e. The second-order valence-corrected chi connectivity index (χ2v) is 6.49. The lowest BCUT2D eigenvalue weighted by Gasteiger charge is -2.09. The highest BCUT2D eigenvalue weighted by molar-refractivity contribution is 7.87. The van der Waals surface area contributed by atoms with Crippen LogP contribution in [0.4, 0.5) is 0 Å². The van der Waals surface area contributed by atoms with Gasteiger partial charge in [-0.05, 0) is 18.6 Å². The lowest BCUT2D eigenvalue weighted by Crippen LogP contribution is -2.09. The van der Waals surface area contributed by atoms with Gasteiger partial charge in [-0.25, -0.2) is 0 Å². The predicted octanol–water partition coefficient (Wildman–Crippen LogP) is 0.541. The molecule has 0 saturated carbocycles. The Morgan fingerprint density at radius 2 is 1.94 bits per heavy atom. The smallest absolute Gasteiger partial charge is 0.352 e. The van der Waals surface area contributed by atoms with Crippen LogP contribution in [0.1, 0.15) is 5.56 Å². The largest absolute Gasteiger partial charge is 0.508 e. The molecule has 0 fully saturated rings. The van der Waals surface area contributed by atoms with Crippen LogP contribution in [-0.4, -0.2) is 29.7 Å². The van der Waals surface area contributed by atoms with Crippen LogP contribution in [0.2, 0.25) is 0 Å². The Hall–Kier alpha value is -0.920. The van der Waals surface area contributed by atoms with Gasteiger partial charge in [0.05, 0.1) is 0 Å². The van der Waals surface area contributed by atoms with Gasteiger partial charge in [-0.15, -0.1) is 0 Å². The van der Waals surface area contributed by atoms with E-state index in [1.807, 2.05) is 0 Å². The number of rotatable bonds is 4. The van der Waals surface area contributed by atoms with Crippen molar-refractivity contribution in [2.24, 2.45) is 0 Å². The number of aromatic hydroxyl groups is 1. The number of benzene rings is 1. The normalized spacial score (nSPS) is 12.6. The van der Waals surface area contributed by atoms with Crippen molar-refractivity contribution in [1.29, 1.82) is 0 Å². The maximum Gasteiger partial charge on any atom is 0.352 e. The molecule has 0 amide bonds. The molecule has 0 unspecified atom stereocenters. The molecule has 7 nitrogen and oxygen atoms in total. The standard InChI is InChI=1S/C8H11O7PS/c1-6-2-3-7(9)4-8(6)17(13,14)15-5-16(10,11)12/h2-4,9H,5H2,1H3,(H2,10,11,12). The van der Waals surface area contributed by atoms with Gasteiger partial charge in [0.1, 0.15) is 10.6 Å². The summed E-state index contributed by atoms with van der Waals surface area (Å²) in [6.45, 7) is 1.47. The Bertz CT molecular complexity index is 559. The van der Waals surface area contributed by atoms with Crippen LogP contribution in [0, 0.1) is 6.92 Å². The first-order chi connectivity index (χ1) is 7.62. The summed E-state index contributed by atoms with van der Waals surface area (Å²) in [5.41, 5.74) is 0.300. The number of hydrogen-bond donors (Lipinski definition) is 3. The van der Waals surface area contributed by atoms with Crippen LogP contribution < -0.4 is 0 Å². The van der Waals surface area contributed by atoms with Gasteiger partial charge in [0.25, 0.3) is 10.1 Å². The molecular weight excluding hydrogens is 271 g/mol. The third kappa shape index (κ3) is 4.10. The van der Waals surface area contributed by atoms with E-state index in [0.717, 1.165) is 6.07 Å². The molecule has 0 heterocycles. The quantitative estimate of drug-likeness (QED) is 0.544. The highest BCUT2D eigenvalue weighted by atomic mass is 32.2. The lowest BCUT2D eigenvalue weighted by molar-refractivity contribution is 0.301. The molecule has 0 radical (unpaired) electrons. The van der Waals surface area contributed by atoms with Gasteiger partial charge in [-0.1, -0.05) is 6.07 Å². The fourth-order valence-electron chi connectivity index (χ4n) is 1.06. The maximum absolute atomic E-state index is 11.6. The van der Waals surface area contributed by atoms with Gasteiger partial charge >= 0.3 is 7.60 Å². The van der Waals surface area contributed by atoms with E-state index in [2.05, 4.69) is 4.18 Å². The van der Waals surface area contributed by atoms with Crippen LogP contribution in [0.15, 0.2) is 23.1 Å². The van der Waals surface area contributed by atoms with Crippen molar-refractivity contribution in [3.8, 4) is 5.75 Å². The van der Waals surface area contributed by atoms with Crippen molar-refractivity contribution in [3.05, 3.63) is 23.8 Å². The summed E-state index contributed by atoms with van der Waals surface area (Å²) < 4.78 is 37.9. The van der Waals surface area contributed by atoms with Crippen molar-refractivity contribution >= 4 is 17.7 Å². The van der Waals surface area contributed by atoms with Crippen molar-refractivity contribution < 1.29 is 32.1 Å². The fraction of sp³-hybridized carbons (Fsp3) is 0.250. The van der Waals surface area contributed by atoms with Crippen LogP contribution in [0.3, 0.4) is 0 Å². The Kier molecular flexibility index (Phi) is 3.95. The zero-order valence-electron chi connectivity index (χ0n) is 8.77. The first kappa shape index (κ1) is 14.1. The molecule has 1 aromatic rings. The molecule has 0 bridgehead atoms. The van der Waals surface area contributed by atoms with Gasteiger partial charge in [-0.2, -0.15) is 8.42 Å². The van der Waals surface area contributed by atoms with E-state index in [9.17, 15) is 13.0 Å². The molecule has 0 spiro atoms. The third-order valence-electron chi connectivity index (χ3n) is 1.82. The van der Waals surface area contributed by atoms with E-state index in [4.69, 9.17) is 14.9 Å². The third-order valence-corrected chi connectivity index (χ3v) is 3.86. The summed E-state index contributed by atoms with van der Waals surface area (Å²) in [5, 5.41) is 9.16. The molecule has 0 atom stereocenters. The second-order valence-electron chi connectivity index (χ2n) is 3.32. The summed E-state index contributed by atoms with van der Waals surface area (Å²) >= 11 is 0. The second kappa shape index (κ2) is 4.75. The minimum absolute atomic E-state index is 0.283. The number of phenolic OH excluding ortho intramolecular Hbond substituents is 1. The molecule has 3 N–H and O–H groups in total. The highest BCUT2D eigenvalue weighted by Crippen LogP contribution is 2.35. The summed E-state index contributed by atoms with van der Waals surface area (Å²) in [5.74, 6) is -0.283. The van der Waals surface area contributed by atoms with E-state index >= 15 is 0 Å². The number of phenols is 1. The fourth-order valence-corrected chi connectivity index (χ4v) is 3.02. The zero-order valence-corrected chi connectivity index (χ0v) is 10.5. The SMILES string of the molecule is Cc1ccc(O)cc1S(=O)(=O)OCP(=O)(O)O. The average Bonchev–Trinajstić information content (AvgIpc) is 2.18. The molecule has 9 heteroatoms. The summed E-state index contributed by atoms with van der Waals surface area (Å²) in [6.07, 6.45) is -1.23. The molecule has 17 heavy (non-hydrogen) atoms. The van der Waals surface area contributed by atoms with E-state index in [-0.39, 0.29) is 10.6 Å². The summed E-state index contributed by atoms with van der Waals surface area (Å²) in [6, 6.07) is 3.59. The van der Waals surface area contributed by atoms with E-state index in [0.29, 0.717) is 5.56 Å². The molecule has 96 valence electrons. The predicted molar refractivity (Wildman–Crippen MR) is 58.0 cm³/mol. The average molecular weight is 282 g/mol. The molecule has 0 saturated heterocycles. The summed E-state index contributed by atoms with van der Waals surface area (Å²) in [7, 11) is -8.87. The van der Waals surface area contributed by atoms with Crippen LogP contribution in [0.25, 0.3) is 0 Å². The van der Waals surface area contributed by atoms with Gasteiger partial charge in [0, 0.05) is 6.07 Å². The van der Waals surface area contributed by atoms with E-state index in [1.165, 1.54) is 19.1 Å². The van der Waals surface area contributed by atoms with Crippen LogP contribution >= 0.6 is 7.60 Å². The van der Waals surface area contributed by atoms with E-state index < -0.39 is 24.1 Å². The van der Waals surface area contributed by atoms with Gasteiger partial charge < -0.3 is 14.9 Å². The topological polar surface area (TPSA) is 121 Å². The van der Waals surface area contributed by atoms with Crippen molar-refractivity contribution in [2.75, 3.05) is 6.35 Å². The zero-order chi connectivity index (χ0) is 13.3.